The molecule has 0 saturated heterocycles. The first-order valence-corrected chi connectivity index (χ1v) is 7.36. The Morgan fingerprint density at radius 3 is 2.23 bits per heavy atom. The number of nitrogens with one attached hydrogen (secondary N) is 1. The third-order valence-corrected chi connectivity index (χ3v) is 3.14. The van der Waals surface area contributed by atoms with Crippen LogP contribution in [0.4, 0.5) is 5.82 Å². The molecule has 6 heteroatoms. The predicted octanol–water partition coefficient (Wildman–Crippen LogP) is 2.05. The number of aromatic nitrogens is 1. The summed E-state index contributed by atoms with van der Waals surface area (Å²) >= 11 is 0. The third kappa shape index (κ3) is 4.21. The van der Waals surface area contributed by atoms with Crippen molar-refractivity contribution in [3.8, 4) is 0 Å². The molecule has 1 rings (SSSR count). The number of nitrogens with zero attached hydrogens (tertiary/aromatic N) is 1. The van der Waals surface area contributed by atoms with Gasteiger partial charge in [0.25, 0.3) is 0 Å². The molecule has 0 aromatic carbocycles. The van der Waals surface area contributed by atoms with Crippen LogP contribution in [0.2, 0.25) is 0 Å². The zero-order chi connectivity index (χ0) is 16.9. The van der Waals surface area contributed by atoms with E-state index in [9.17, 15) is 14.4 Å². The number of anilines is 1. The van der Waals surface area contributed by atoms with Gasteiger partial charge in [-0.1, -0.05) is 27.7 Å². The fourth-order valence-electron chi connectivity index (χ4n) is 1.94. The lowest BCUT2D eigenvalue weighted by atomic mass is 9.91. The summed E-state index contributed by atoms with van der Waals surface area (Å²) < 4.78 is 0. The first-order valence-electron chi connectivity index (χ1n) is 7.36. The summed E-state index contributed by atoms with van der Waals surface area (Å²) in [6.07, 6.45) is 1.55. The van der Waals surface area contributed by atoms with Crippen molar-refractivity contribution in [2.75, 3.05) is 11.9 Å². The minimum atomic E-state index is -0.332. The fraction of sp³-hybridized carbons (Fsp3) is 0.500. The maximum absolute atomic E-state index is 12.5. The lowest BCUT2D eigenvalue weighted by Crippen LogP contribution is -2.23. The molecule has 0 saturated carbocycles. The molecular weight excluding hydrogens is 282 g/mol. The van der Waals surface area contributed by atoms with Crippen LogP contribution in [0.5, 0.6) is 0 Å². The Bertz CT molecular complexity index is 580. The van der Waals surface area contributed by atoms with Crippen molar-refractivity contribution in [2.24, 2.45) is 17.6 Å². The molecule has 0 radical (unpaired) electrons. The van der Waals surface area contributed by atoms with E-state index in [-0.39, 0.29) is 53.7 Å². The molecule has 1 amide bonds. The molecule has 0 bridgehead atoms. The van der Waals surface area contributed by atoms with E-state index in [0.29, 0.717) is 5.56 Å². The van der Waals surface area contributed by atoms with Gasteiger partial charge in [0.1, 0.15) is 5.82 Å². The van der Waals surface area contributed by atoms with Crippen molar-refractivity contribution in [3.05, 3.63) is 23.4 Å². The zero-order valence-electron chi connectivity index (χ0n) is 13.5. The summed E-state index contributed by atoms with van der Waals surface area (Å²) in [5.74, 6) is -1.15. The minimum absolute atomic E-state index is 0.124. The lowest BCUT2D eigenvalue weighted by molar-refractivity contribution is -0.116. The Morgan fingerprint density at radius 2 is 1.73 bits per heavy atom. The van der Waals surface area contributed by atoms with Gasteiger partial charge in [-0.3, -0.25) is 14.4 Å². The number of nitrogens with two attached hydrogens (primary N) is 1. The van der Waals surface area contributed by atoms with Gasteiger partial charge < -0.3 is 11.1 Å². The topological polar surface area (TPSA) is 102 Å². The van der Waals surface area contributed by atoms with E-state index in [2.05, 4.69) is 10.3 Å². The predicted molar refractivity (Wildman–Crippen MR) is 84.9 cm³/mol. The molecular formula is C16H23N3O3. The van der Waals surface area contributed by atoms with Crippen molar-refractivity contribution in [1.29, 1.82) is 0 Å². The summed E-state index contributed by atoms with van der Waals surface area (Å²) in [6, 6.07) is 1.52. The Morgan fingerprint density at radius 1 is 1.14 bits per heavy atom. The normalized spacial score (nSPS) is 10.9. The Balaban J connectivity index is 3.37. The number of carbonyl (C=O) groups is 3. The van der Waals surface area contributed by atoms with E-state index in [1.165, 1.54) is 12.3 Å². The molecule has 1 aromatic rings. The average molecular weight is 305 g/mol. The van der Waals surface area contributed by atoms with E-state index in [0.717, 1.165) is 0 Å². The van der Waals surface area contributed by atoms with Crippen molar-refractivity contribution in [1.82, 2.24) is 4.98 Å². The first kappa shape index (κ1) is 18.0. The second-order valence-electron chi connectivity index (χ2n) is 5.71. The van der Waals surface area contributed by atoms with Gasteiger partial charge in [0, 0.05) is 36.6 Å². The van der Waals surface area contributed by atoms with Crippen LogP contribution in [-0.4, -0.2) is 29.0 Å². The average Bonchev–Trinajstić information content (AvgIpc) is 2.45. The third-order valence-electron chi connectivity index (χ3n) is 3.14. The van der Waals surface area contributed by atoms with Crippen LogP contribution in [-0.2, 0) is 4.79 Å². The molecule has 1 aromatic heterocycles. The van der Waals surface area contributed by atoms with Crippen molar-refractivity contribution >= 4 is 23.3 Å². The SMILES string of the molecule is CC(C)C(=O)c1ccnc(NC(=O)CCN)c1C(=O)C(C)C. The van der Waals surface area contributed by atoms with Crippen molar-refractivity contribution in [3.63, 3.8) is 0 Å². The van der Waals surface area contributed by atoms with Gasteiger partial charge in [0.05, 0.1) is 5.56 Å². The molecule has 0 fully saturated rings. The molecule has 120 valence electrons. The number of hydrogen-bond donors (Lipinski definition) is 2. The number of amides is 1. The van der Waals surface area contributed by atoms with Crippen molar-refractivity contribution in [2.45, 2.75) is 34.1 Å². The van der Waals surface area contributed by atoms with Gasteiger partial charge in [0.2, 0.25) is 5.91 Å². The van der Waals surface area contributed by atoms with E-state index >= 15 is 0 Å². The molecule has 3 N–H and O–H groups in total. The maximum atomic E-state index is 12.5. The molecule has 0 atom stereocenters. The maximum Gasteiger partial charge on any atom is 0.226 e. The highest BCUT2D eigenvalue weighted by atomic mass is 16.2. The Labute approximate surface area is 130 Å². The summed E-state index contributed by atoms with van der Waals surface area (Å²) in [5, 5.41) is 2.58. The van der Waals surface area contributed by atoms with E-state index in [1.807, 2.05) is 0 Å². The first-order chi connectivity index (χ1) is 10.3. The van der Waals surface area contributed by atoms with E-state index < -0.39 is 0 Å². The molecule has 22 heavy (non-hydrogen) atoms. The van der Waals surface area contributed by atoms with Crippen LogP contribution in [0.25, 0.3) is 0 Å². The highest BCUT2D eigenvalue weighted by Crippen LogP contribution is 2.24. The largest absolute Gasteiger partial charge is 0.330 e. The highest BCUT2D eigenvalue weighted by molar-refractivity contribution is 6.13. The van der Waals surface area contributed by atoms with E-state index in [1.54, 1.807) is 27.7 Å². The molecule has 0 aliphatic rings. The van der Waals surface area contributed by atoms with Gasteiger partial charge in [0.15, 0.2) is 11.6 Å². The summed E-state index contributed by atoms with van der Waals surface area (Å²) in [4.78, 5) is 40.6. The zero-order valence-corrected chi connectivity index (χ0v) is 13.5. The van der Waals surface area contributed by atoms with Crippen LogP contribution in [0.15, 0.2) is 12.3 Å². The van der Waals surface area contributed by atoms with Gasteiger partial charge in [-0.2, -0.15) is 0 Å². The Hall–Kier alpha value is -2.08. The summed E-state index contributed by atoms with van der Waals surface area (Å²) in [6.45, 7) is 7.21. The van der Waals surface area contributed by atoms with Crippen LogP contribution in [0.3, 0.4) is 0 Å². The van der Waals surface area contributed by atoms with Gasteiger partial charge >= 0.3 is 0 Å². The van der Waals surface area contributed by atoms with Crippen LogP contribution >= 0.6 is 0 Å². The van der Waals surface area contributed by atoms with Gasteiger partial charge in [-0.15, -0.1) is 0 Å². The molecule has 0 aliphatic carbocycles. The van der Waals surface area contributed by atoms with Crippen molar-refractivity contribution < 1.29 is 14.4 Å². The van der Waals surface area contributed by atoms with Gasteiger partial charge in [-0.25, -0.2) is 4.98 Å². The second-order valence-corrected chi connectivity index (χ2v) is 5.71. The summed E-state index contributed by atoms with van der Waals surface area (Å²) in [7, 11) is 0. The molecule has 1 heterocycles. The molecule has 6 nitrogen and oxygen atoms in total. The lowest BCUT2D eigenvalue weighted by Gasteiger charge is -2.15. The standard InChI is InChI=1S/C16H23N3O3/c1-9(2)14(21)11-6-8-18-16(19-12(20)5-7-17)13(11)15(22)10(3)4/h6,8-10H,5,7,17H2,1-4H3,(H,18,19,20). The molecule has 0 spiro atoms. The van der Waals surface area contributed by atoms with Gasteiger partial charge in [-0.05, 0) is 6.07 Å². The highest BCUT2D eigenvalue weighted by Gasteiger charge is 2.25. The van der Waals surface area contributed by atoms with E-state index in [4.69, 9.17) is 5.73 Å². The number of pyridine rings is 1. The second kappa shape index (κ2) is 7.79. The Kier molecular flexibility index (Phi) is 6.37. The number of hydrogen-bond acceptors (Lipinski definition) is 5. The van der Waals surface area contributed by atoms with Crippen LogP contribution in [0.1, 0.15) is 54.8 Å². The minimum Gasteiger partial charge on any atom is -0.330 e. The number of rotatable bonds is 7. The summed E-state index contributed by atoms with van der Waals surface area (Å²) in [5.41, 5.74) is 5.82. The fourth-order valence-corrected chi connectivity index (χ4v) is 1.94. The number of ketones is 2. The molecule has 0 aliphatic heterocycles. The number of carbonyl (C=O) groups excluding carboxylic acids is 3. The monoisotopic (exact) mass is 305 g/mol. The number of Topliss-reactive ketones (excluding diaryl/α,β-unsaturated/α-hetero) is 2. The quantitative estimate of drug-likeness (QED) is 0.750. The smallest absolute Gasteiger partial charge is 0.226 e. The van der Waals surface area contributed by atoms with Crippen LogP contribution < -0.4 is 11.1 Å². The van der Waals surface area contributed by atoms with Crippen LogP contribution in [0, 0.1) is 11.8 Å². The molecule has 0 unspecified atom stereocenters.